The summed E-state index contributed by atoms with van der Waals surface area (Å²) in [5.41, 5.74) is 2.68. The minimum atomic E-state index is -1.66. The van der Waals surface area contributed by atoms with E-state index in [-0.39, 0.29) is 0 Å². The molecule has 4 rings (SSSR count). The third kappa shape index (κ3) is 4.00. The van der Waals surface area contributed by atoms with Gasteiger partial charge < -0.3 is 0 Å². The second-order valence-electron chi connectivity index (χ2n) is 6.90. The second kappa shape index (κ2) is 8.66. The van der Waals surface area contributed by atoms with Gasteiger partial charge in [0.25, 0.3) is 0 Å². The minimum Gasteiger partial charge on any atom is -0.0620 e. The molecule has 2 heteroatoms. The molecule has 4 aromatic rings. The maximum atomic E-state index is 2.68. The summed E-state index contributed by atoms with van der Waals surface area (Å²) in [5.74, 6) is 0. The van der Waals surface area contributed by atoms with Gasteiger partial charge in [0.05, 0.1) is 6.66 Å². The smallest absolute Gasteiger partial charge is 0.0620 e. The summed E-state index contributed by atoms with van der Waals surface area (Å²) in [7, 11) is -2.22. The van der Waals surface area contributed by atoms with Crippen LogP contribution in [-0.4, -0.2) is 12.2 Å². The Morgan fingerprint density at radius 2 is 0.821 bits per heavy atom. The van der Waals surface area contributed by atoms with E-state index in [1.807, 2.05) is 0 Å². The fourth-order valence-corrected chi connectivity index (χ4v) is 10.6. The van der Waals surface area contributed by atoms with E-state index in [0.717, 1.165) is 0 Å². The Hall–Kier alpha value is -2.52. The second-order valence-corrected chi connectivity index (χ2v) is 12.8. The van der Waals surface area contributed by atoms with Crippen LogP contribution in [0.4, 0.5) is 0 Å². The number of hydrogen-bond donors (Lipinski definition) is 0. The molecule has 0 heterocycles. The Kier molecular flexibility index (Phi) is 5.82. The lowest BCUT2D eigenvalue weighted by molar-refractivity contribution is 1.74. The van der Waals surface area contributed by atoms with E-state index in [2.05, 4.69) is 134 Å². The van der Waals surface area contributed by atoms with Gasteiger partial charge in [-0.05, 0) is 48.5 Å². The van der Waals surface area contributed by atoms with Crippen molar-refractivity contribution >= 4 is 41.6 Å². The third-order valence-corrected chi connectivity index (χ3v) is 12.2. The van der Waals surface area contributed by atoms with Gasteiger partial charge in [0.2, 0.25) is 13.1 Å². The molecule has 0 aliphatic heterocycles. The Balaban J connectivity index is 1.97. The van der Waals surface area contributed by atoms with E-state index in [9.17, 15) is 0 Å². The van der Waals surface area contributed by atoms with Gasteiger partial charge in [-0.3, -0.25) is 0 Å². The Labute approximate surface area is 169 Å². The van der Waals surface area contributed by atoms with E-state index in [4.69, 9.17) is 0 Å². The Morgan fingerprint density at radius 3 is 1.18 bits per heavy atom. The van der Waals surface area contributed by atoms with Crippen molar-refractivity contribution in [3.05, 3.63) is 121 Å². The molecule has 0 saturated heterocycles. The molecule has 0 unspecified atom stereocenters. The van der Waals surface area contributed by atoms with Crippen LogP contribution in [0.1, 0.15) is 0 Å². The van der Waals surface area contributed by atoms with Crippen molar-refractivity contribution in [2.75, 3.05) is 6.66 Å². The molecule has 0 atom stereocenters. The van der Waals surface area contributed by atoms with Crippen LogP contribution in [-0.2, 0) is 0 Å². The van der Waals surface area contributed by atoms with Gasteiger partial charge in [0.15, 0.2) is 10.6 Å². The van der Waals surface area contributed by atoms with Crippen molar-refractivity contribution in [3.8, 4) is 0 Å². The molecule has 0 aromatic heterocycles. The highest BCUT2D eigenvalue weighted by Gasteiger charge is 2.41. The SMILES string of the molecule is C[P+](C=[P+](c1ccccc1)c1ccccc1)(c1ccccc1)c1ccccc1. The molecular weight excluding hydrogens is 374 g/mol. The molecule has 4 aromatic carbocycles. The van der Waals surface area contributed by atoms with Crippen molar-refractivity contribution in [1.29, 1.82) is 0 Å². The summed E-state index contributed by atoms with van der Waals surface area (Å²) >= 11 is 0. The summed E-state index contributed by atoms with van der Waals surface area (Å²) < 4.78 is 0. The molecule has 0 aliphatic carbocycles. The quantitative estimate of drug-likeness (QED) is 0.407. The van der Waals surface area contributed by atoms with Crippen molar-refractivity contribution in [2.45, 2.75) is 0 Å². The lowest BCUT2D eigenvalue weighted by Crippen LogP contribution is -2.23. The highest BCUT2D eigenvalue weighted by molar-refractivity contribution is 8.08. The molecule has 0 aliphatic rings. The number of benzene rings is 4. The van der Waals surface area contributed by atoms with E-state index in [1.165, 1.54) is 21.2 Å². The normalized spacial score (nSPS) is 11.0. The van der Waals surface area contributed by atoms with Gasteiger partial charge in [-0.25, -0.2) is 0 Å². The molecular formula is C26H24P2+2. The van der Waals surface area contributed by atoms with Crippen LogP contribution in [0.5, 0.6) is 0 Å². The van der Waals surface area contributed by atoms with E-state index < -0.39 is 14.8 Å². The zero-order valence-electron chi connectivity index (χ0n) is 16.0. The Bertz CT molecular complexity index is 960. The lowest BCUT2D eigenvalue weighted by atomic mass is 10.4. The first-order valence-electron chi connectivity index (χ1n) is 9.50. The monoisotopic (exact) mass is 398 g/mol. The molecule has 136 valence electrons. The van der Waals surface area contributed by atoms with Gasteiger partial charge in [-0.15, -0.1) is 0 Å². The molecule has 0 bridgehead atoms. The molecule has 28 heavy (non-hydrogen) atoms. The summed E-state index contributed by atoms with van der Waals surface area (Å²) in [6.07, 6.45) is 0. The topological polar surface area (TPSA) is 0 Å². The zero-order chi connectivity index (χ0) is 19.2. The number of rotatable bonds is 5. The van der Waals surface area contributed by atoms with Crippen molar-refractivity contribution in [2.24, 2.45) is 0 Å². The van der Waals surface area contributed by atoms with Gasteiger partial charge in [0, 0.05) is 0 Å². The average molecular weight is 398 g/mol. The summed E-state index contributed by atoms with van der Waals surface area (Å²) in [6.45, 7) is 2.46. The fraction of sp³-hybridized carbons (Fsp3) is 0.0385. The first-order chi connectivity index (χ1) is 13.8. The third-order valence-electron chi connectivity index (χ3n) is 5.00. The molecule has 0 radical (unpaired) electrons. The summed E-state index contributed by atoms with van der Waals surface area (Å²) in [4.78, 5) is 0. The van der Waals surface area contributed by atoms with Crippen molar-refractivity contribution in [3.63, 3.8) is 0 Å². The molecule has 0 spiro atoms. The molecule has 0 fully saturated rings. The maximum Gasteiger partial charge on any atom is 0.239 e. The fourth-order valence-electron chi connectivity index (χ4n) is 3.45. The van der Waals surface area contributed by atoms with Crippen molar-refractivity contribution in [1.82, 2.24) is 0 Å². The van der Waals surface area contributed by atoms with Crippen LogP contribution in [0.2, 0.25) is 0 Å². The number of hydrogen-bond acceptors (Lipinski definition) is 0. The highest BCUT2D eigenvalue weighted by Crippen LogP contribution is 2.53. The molecule has 0 N–H and O–H groups in total. The minimum absolute atomic E-state index is 0.562. The standard InChI is InChI=1S/C26H24P2/c1-28(25-18-10-4-11-19-25,26-20-12-5-13-21-26)22-27(23-14-6-2-7-15-23)24-16-8-3-9-17-24/h2-22H,1H3/q+2. The lowest BCUT2D eigenvalue weighted by Gasteiger charge is -2.16. The first-order valence-corrected chi connectivity index (χ1v) is 13.2. The largest absolute Gasteiger partial charge is 0.239 e. The van der Waals surface area contributed by atoms with Crippen LogP contribution in [0, 0.1) is 0 Å². The Morgan fingerprint density at radius 1 is 0.500 bits per heavy atom. The van der Waals surface area contributed by atoms with Gasteiger partial charge in [-0.2, -0.15) is 0 Å². The van der Waals surface area contributed by atoms with Gasteiger partial charge in [-0.1, -0.05) is 72.8 Å². The van der Waals surface area contributed by atoms with E-state index >= 15 is 0 Å². The van der Waals surface area contributed by atoms with Crippen molar-refractivity contribution < 1.29 is 0 Å². The highest BCUT2D eigenvalue weighted by atomic mass is 31.2. The first kappa shape index (κ1) is 18.8. The summed E-state index contributed by atoms with van der Waals surface area (Å²) in [5, 5.41) is 5.67. The predicted octanol–water partition coefficient (Wildman–Crippen LogP) is 5.18. The van der Waals surface area contributed by atoms with Gasteiger partial charge in [0.1, 0.15) is 17.9 Å². The van der Waals surface area contributed by atoms with Crippen LogP contribution >= 0.6 is 14.8 Å². The van der Waals surface area contributed by atoms with Crippen LogP contribution in [0.3, 0.4) is 0 Å². The van der Waals surface area contributed by atoms with Gasteiger partial charge >= 0.3 is 0 Å². The average Bonchev–Trinajstić information content (AvgIpc) is 2.80. The maximum absolute atomic E-state index is 2.68. The molecule has 0 nitrogen and oxygen atoms in total. The van der Waals surface area contributed by atoms with E-state index in [1.54, 1.807) is 0 Å². The summed E-state index contributed by atoms with van der Waals surface area (Å²) in [6, 6.07) is 44.0. The van der Waals surface area contributed by atoms with Crippen LogP contribution in [0.15, 0.2) is 121 Å². The van der Waals surface area contributed by atoms with Crippen LogP contribution < -0.4 is 21.2 Å². The van der Waals surface area contributed by atoms with Crippen LogP contribution in [0.25, 0.3) is 0 Å². The van der Waals surface area contributed by atoms with E-state index in [0.29, 0.717) is 0 Å². The molecule has 0 saturated carbocycles. The molecule has 0 amide bonds. The zero-order valence-corrected chi connectivity index (χ0v) is 17.8. The predicted molar refractivity (Wildman–Crippen MR) is 130 cm³/mol.